The Morgan fingerprint density at radius 3 is 2.89 bits per heavy atom. The number of methoxy groups -OCH3 is 1. The molecule has 1 aliphatic rings. The lowest BCUT2D eigenvalue weighted by Crippen LogP contribution is -2.51. The number of carbonyl (C=O) groups excluding carboxylic acids is 1. The number of nitrogens with two attached hydrogens (primary N) is 1. The third-order valence-electron chi connectivity index (χ3n) is 4.87. The quantitative estimate of drug-likeness (QED) is 0.819. The summed E-state index contributed by atoms with van der Waals surface area (Å²) in [7, 11) is 1.58. The molecular formula is C20H27N3O3S. The van der Waals surface area contributed by atoms with Crippen molar-refractivity contribution in [3.63, 3.8) is 0 Å². The topological polar surface area (TPSA) is 77.7 Å². The first-order chi connectivity index (χ1) is 13.0. The van der Waals surface area contributed by atoms with Gasteiger partial charge < -0.3 is 20.1 Å². The Labute approximate surface area is 164 Å². The van der Waals surface area contributed by atoms with Crippen LogP contribution in [0.5, 0.6) is 11.5 Å². The number of hydrogen-bond donors (Lipinski definition) is 1. The van der Waals surface area contributed by atoms with Crippen molar-refractivity contribution in [1.29, 1.82) is 0 Å². The maximum atomic E-state index is 13.0. The van der Waals surface area contributed by atoms with E-state index in [0.29, 0.717) is 23.7 Å². The molecule has 0 spiro atoms. The van der Waals surface area contributed by atoms with Crippen molar-refractivity contribution in [2.45, 2.75) is 51.8 Å². The van der Waals surface area contributed by atoms with Crippen molar-refractivity contribution >= 4 is 17.2 Å². The molecule has 1 aromatic heterocycles. The minimum Gasteiger partial charge on any atom is -0.493 e. The highest BCUT2D eigenvalue weighted by Crippen LogP contribution is 2.30. The predicted molar refractivity (Wildman–Crippen MR) is 107 cm³/mol. The van der Waals surface area contributed by atoms with Crippen LogP contribution >= 0.6 is 11.3 Å². The number of amides is 1. The van der Waals surface area contributed by atoms with Crippen LogP contribution in [0.3, 0.4) is 0 Å². The van der Waals surface area contributed by atoms with Crippen molar-refractivity contribution in [3.8, 4) is 11.5 Å². The largest absolute Gasteiger partial charge is 0.493 e. The lowest BCUT2D eigenvalue weighted by molar-refractivity contribution is 0.0583. The van der Waals surface area contributed by atoms with Crippen LogP contribution in [0, 0.1) is 6.92 Å². The van der Waals surface area contributed by atoms with E-state index in [9.17, 15) is 4.79 Å². The normalized spacial score (nSPS) is 18.2. The van der Waals surface area contributed by atoms with E-state index in [4.69, 9.17) is 15.2 Å². The second kappa shape index (κ2) is 8.71. The Balaban J connectivity index is 1.75. The lowest BCUT2D eigenvalue weighted by atomic mass is 9.96. The molecule has 2 atom stereocenters. The number of ether oxygens (including phenoxy) is 2. The molecule has 2 aromatic rings. The molecule has 1 fully saturated rings. The van der Waals surface area contributed by atoms with Crippen LogP contribution in [-0.4, -0.2) is 41.5 Å². The third kappa shape index (κ3) is 4.59. The average molecular weight is 390 g/mol. The molecule has 1 aliphatic heterocycles. The van der Waals surface area contributed by atoms with Gasteiger partial charge in [0.05, 0.1) is 17.8 Å². The van der Waals surface area contributed by atoms with Crippen molar-refractivity contribution in [3.05, 3.63) is 39.8 Å². The first-order valence-electron chi connectivity index (χ1n) is 9.28. The van der Waals surface area contributed by atoms with E-state index in [1.54, 1.807) is 36.6 Å². The summed E-state index contributed by atoms with van der Waals surface area (Å²) in [6.07, 6.45) is 3.08. The minimum absolute atomic E-state index is 0.00280. The number of nitrogens with zero attached hydrogens (tertiary/aromatic N) is 2. The standard InChI is InChI=1S/C20H27N3O3S/c1-13(21)17-6-4-5-9-23(17)20(24)15-7-8-18(19(10-15)25-3)26-11-16-12-27-14(2)22-16/h7-8,10,12-13,17H,4-6,9,11,21H2,1-3H3/t13-,17-/m0/s1. The van der Waals surface area contributed by atoms with Crippen molar-refractivity contribution in [2.75, 3.05) is 13.7 Å². The molecule has 0 bridgehead atoms. The molecule has 0 radical (unpaired) electrons. The van der Waals surface area contributed by atoms with E-state index in [1.165, 1.54) is 0 Å². The van der Waals surface area contributed by atoms with Gasteiger partial charge in [0.2, 0.25) is 0 Å². The number of carbonyl (C=O) groups is 1. The highest BCUT2D eigenvalue weighted by atomic mass is 32.1. The highest BCUT2D eigenvalue weighted by Gasteiger charge is 2.30. The van der Waals surface area contributed by atoms with Gasteiger partial charge in [0.25, 0.3) is 5.91 Å². The number of piperidine rings is 1. The summed E-state index contributed by atoms with van der Waals surface area (Å²) in [5, 5.41) is 2.98. The maximum Gasteiger partial charge on any atom is 0.254 e. The van der Waals surface area contributed by atoms with Crippen LogP contribution in [0.15, 0.2) is 23.6 Å². The Hall–Kier alpha value is -2.12. The molecule has 0 unspecified atom stereocenters. The fourth-order valence-corrected chi connectivity index (χ4v) is 4.07. The van der Waals surface area contributed by atoms with E-state index < -0.39 is 0 Å². The number of thiazole rings is 1. The summed E-state index contributed by atoms with van der Waals surface area (Å²) in [5.41, 5.74) is 7.58. The molecule has 0 saturated carbocycles. The smallest absolute Gasteiger partial charge is 0.254 e. The van der Waals surface area contributed by atoms with Gasteiger partial charge in [0, 0.05) is 29.6 Å². The number of aromatic nitrogens is 1. The number of benzene rings is 1. The first-order valence-corrected chi connectivity index (χ1v) is 10.2. The minimum atomic E-state index is -0.0414. The Morgan fingerprint density at radius 2 is 2.22 bits per heavy atom. The zero-order valence-electron chi connectivity index (χ0n) is 16.1. The fourth-order valence-electron chi connectivity index (χ4n) is 3.47. The zero-order valence-corrected chi connectivity index (χ0v) is 16.9. The predicted octanol–water partition coefficient (Wildman–Crippen LogP) is 3.38. The van der Waals surface area contributed by atoms with E-state index in [0.717, 1.165) is 36.5 Å². The molecular weight excluding hydrogens is 362 g/mol. The zero-order chi connectivity index (χ0) is 19.4. The van der Waals surface area contributed by atoms with Crippen molar-refractivity contribution < 1.29 is 14.3 Å². The summed E-state index contributed by atoms with van der Waals surface area (Å²) in [6, 6.07) is 5.37. The molecule has 2 heterocycles. The molecule has 1 amide bonds. The van der Waals surface area contributed by atoms with Crippen LogP contribution in [0.4, 0.5) is 0 Å². The number of likely N-dealkylation sites (tertiary alicyclic amines) is 1. The fraction of sp³-hybridized carbons (Fsp3) is 0.500. The Bertz CT molecular complexity index is 791. The monoisotopic (exact) mass is 389 g/mol. The van der Waals surface area contributed by atoms with Gasteiger partial charge >= 0.3 is 0 Å². The summed E-state index contributed by atoms with van der Waals surface area (Å²) in [5.74, 6) is 1.14. The van der Waals surface area contributed by atoms with Crippen LogP contribution < -0.4 is 15.2 Å². The van der Waals surface area contributed by atoms with Gasteiger partial charge in [-0.15, -0.1) is 11.3 Å². The molecule has 146 valence electrons. The second-order valence-electron chi connectivity index (χ2n) is 6.93. The van der Waals surface area contributed by atoms with Crippen LogP contribution in [0.2, 0.25) is 0 Å². The van der Waals surface area contributed by atoms with Gasteiger partial charge in [0.1, 0.15) is 6.61 Å². The molecule has 27 heavy (non-hydrogen) atoms. The van der Waals surface area contributed by atoms with Crippen LogP contribution in [-0.2, 0) is 6.61 Å². The summed E-state index contributed by atoms with van der Waals surface area (Å²) < 4.78 is 11.3. The molecule has 3 rings (SSSR count). The molecule has 2 N–H and O–H groups in total. The molecule has 7 heteroatoms. The molecule has 1 saturated heterocycles. The van der Waals surface area contributed by atoms with Gasteiger partial charge in [-0.2, -0.15) is 0 Å². The highest BCUT2D eigenvalue weighted by molar-refractivity contribution is 7.09. The lowest BCUT2D eigenvalue weighted by Gasteiger charge is -2.38. The SMILES string of the molecule is COc1cc(C(=O)N2CCCC[C@H]2[C@H](C)N)ccc1OCc1csc(C)n1. The summed E-state index contributed by atoms with van der Waals surface area (Å²) >= 11 is 1.59. The molecule has 1 aromatic carbocycles. The Kier molecular flexibility index (Phi) is 6.34. The van der Waals surface area contributed by atoms with Gasteiger partial charge in [-0.1, -0.05) is 0 Å². The van der Waals surface area contributed by atoms with Gasteiger partial charge in [-0.05, 0) is 51.3 Å². The van der Waals surface area contributed by atoms with E-state index in [2.05, 4.69) is 4.98 Å². The molecule has 0 aliphatic carbocycles. The maximum absolute atomic E-state index is 13.0. The first kappa shape index (κ1) is 19.6. The second-order valence-corrected chi connectivity index (χ2v) is 8.00. The van der Waals surface area contributed by atoms with Gasteiger partial charge in [0.15, 0.2) is 11.5 Å². The number of hydrogen-bond acceptors (Lipinski definition) is 6. The number of aryl methyl sites for hydroxylation is 1. The van der Waals surface area contributed by atoms with Crippen LogP contribution in [0.25, 0.3) is 0 Å². The number of rotatable bonds is 6. The summed E-state index contributed by atoms with van der Waals surface area (Å²) in [6.45, 7) is 5.04. The van der Waals surface area contributed by atoms with Gasteiger partial charge in [-0.25, -0.2) is 4.98 Å². The van der Waals surface area contributed by atoms with Gasteiger partial charge in [-0.3, -0.25) is 4.79 Å². The van der Waals surface area contributed by atoms with Crippen molar-refractivity contribution in [2.24, 2.45) is 5.73 Å². The van der Waals surface area contributed by atoms with E-state index in [-0.39, 0.29) is 18.0 Å². The summed E-state index contributed by atoms with van der Waals surface area (Å²) in [4.78, 5) is 19.3. The third-order valence-corrected chi connectivity index (χ3v) is 5.69. The van der Waals surface area contributed by atoms with Crippen molar-refractivity contribution in [1.82, 2.24) is 9.88 Å². The average Bonchev–Trinajstić information content (AvgIpc) is 3.10. The molecule has 6 nitrogen and oxygen atoms in total. The van der Waals surface area contributed by atoms with E-state index in [1.807, 2.05) is 24.1 Å². The van der Waals surface area contributed by atoms with E-state index >= 15 is 0 Å². The Morgan fingerprint density at radius 1 is 1.41 bits per heavy atom. The van der Waals surface area contributed by atoms with Crippen LogP contribution in [0.1, 0.15) is 47.2 Å².